The number of anilines is 1. The summed E-state index contributed by atoms with van der Waals surface area (Å²) in [6, 6.07) is 4.56. The van der Waals surface area contributed by atoms with Gasteiger partial charge in [-0.1, -0.05) is 13.8 Å². The van der Waals surface area contributed by atoms with Gasteiger partial charge in [0.1, 0.15) is 17.9 Å². The molecule has 1 atom stereocenters. The zero-order valence-corrected chi connectivity index (χ0v) is 26.7. The molecule has 0 bridgehead atoms. The fourth-order valence-corrected chi connectivity index (χ4v) is 6.28. The van der Waals surface area contributed by atoms with Gasteiger partial charge in [0.05, 0.1) is 5.56 Å². The second kappa shape index (κ2) is 15.4. The van der Waals surface area contributed by atoms with Crippen LogP contribution in [0.15, 0.2) is 24.5 Å². The first kappa shape index (κ1) is 34.1. The number of carbonyl (C=O) groups excluding carboxylic acids is 1. The highest BCUT2D eigenvalue weighted by molar-refractivity contribution is 5.97. The minimum absolute atomic E-state index is 0.0338. The molecule has 1 N–H and O–H groups in total. The molecule has 2 saturated heterocycles. The van der Waals surface area contributed by atoms with Gasteiger partial charge in [-0.3, -0.25) is 14.5 Å². The molecule has 0 saturated carbocycles. The Labute approximate surface area is 255 Å². The standard InChI is InChI=1S/C30H46FN7O2.CH2O2/c1-8-38(22(4)5)29(39)24-16-23(31)11-12-26(24)40-28-27(32-20-33-34-28)36-15-13-30(17-36)18-37(19-30)25(21(2)3)10-9-14-35(6)7;2-1-3/h11-12,16,20-22,25H,8-10,13-15,17-19H2,1-7H3;1H,(H,2,3). The maximum atomic E-state index is 14.2. The molecule has 2 fully saturated rings. The van der Waals surface area contributed by atoms with Crippen molar-refractivity contribution in [2.75, 3.05) is 58.3 Å². The minimum Gasteiger partial charge on any atom is -0.483 e. The fourth-order valence-electron chi connectivity index (χ4n) is 6.28. The van der Waals surface area contributed by atoms with E-state index in [9.17, 15) is 9.18 Å². The lowest BCUT2D eigenvalue weighted by molar-refractivity contribution is -0.122. The molecule has 238 valence electrons. The van der Waals surface area contributed by atoms with Gasteiger partial charge in [-0.2, -0.15) is 0 Å². The van der Waals surface area contributed by atoms with Gasteiger partial charge in [0.2, 0.25) is 0 Å². The lowest BCUT2D eigenvalue weighted by atomic mass is 9.76. The molecule has 3 heterocycles. The third-order valence-electron chi connectivity index (χ3n) is 8.33. The number of likely N-dealkylation sites (tertiary alicyclic amines) is 1. The second-order valence-corrected chi connectivity index (χ2v) is 12.5. The molecule has 43 heavy (non-hydrogen) atoms. The molecule has 0 radical (unpaired) electrons. The normalized spacial score (nSPS) is 16.7. The molecular weight excluding hydrogens is 553 g/mol. The SMILES string of the molecule is CCN(C(=O)c1cc(F)ccc1Oc1nncnc1N1CCC2(C1)CN(C(CCCN(C)C)C(C)C)C2)C(C)C.O=CO. The van der Waals surface area contributed by atoms with Crippen molar-refractivity contribution in [2.24, 2.45) is 11.3 Å². The average molecular weight is 602 g/mol. The van der Waals surface area contributed by atoms with Gasteiger partial charge < -0.3 is 24.5 Å². The van der Waals surface area contributed by atoms with Crippen LogP contribution >= 0.6 is 0 Å². The van der Waals surface area contributed by atoms with Crippen molar-refractivity contribution >= 4 is 18.2 Å². The minimum atomic E-state index is -0.495. The van der Waals surface area contributed by atoms with Crippen LogP contribution < -0.4 is 9.64 Å². The van der Waals surface area contributed by atoms with Crippen molar-refractivity contribution in [3.63, 3.8) is 0 Å². The van der Waals surface area contributed by atoms with Crippen LogP contribution in [0.4, 0.5) is 10.2 Å². The summed E-state index contributed by atoms with van der Waals surface area (Å²) in [7, 11) is 4.27. The molecule has 1 amide bonds. The van der Waals surface area contributed by atoms with Crippen LogP contribution in [-0.4, -0.2) is 113 Å². The maximum Gasteiger partial charge on any atom is 0.290 e. The zero-order valence-electron chi connectivity index (χ0n) is 26.7. The first-order chi connectivity index (χ1) is 20.4. The van der Waals surface area contributed by atoms with Crippen LogP contribution in [0.25, 0.3) is 0 Å². The van der Waals surface area contributed by atoms with E-state index in [2.05, 4.69) is 57.8 Å². The molecule has 2 aliphatic rings. The van der Waals surface area contributed by atoms with E-state index in [4.69, 9.17) is 14.6 Å². The topological polar surface area (TPSA) is 115 Å². The first-order valence-corrected chi connectivity index (χ1v) is 15.1. The third-order valence-corrected chi connectivity index (χ3v) is 8.33. The summed E-state index contributed by atoms with van der Waals surface area (Å²) in [5.74, 6) is 0.921. The van der Waals surface area contributed by atoms with Gasteiger partial charge in [-0.05, 0) is 84.8 Å². The van der Waals surface area contributed by atoms with Crippen molar-refractivity contribution in [3.05, 3.63) is 35.9 Å². The van der Waals surface area contributed by atoms with Crippen molar-refractivity contribution in [3.8, 4) is 11.6 Å². The number of hydrogen-bond acceptors (Lipinski definition) is 9. The van der Waals surface area contributed by atoms with E-state index < -0.39 is 5.82 Å². The Morgan fingerprint density at radius 3 is 2.51 bits per heavy atom. The molecule has 1 unspecified atom stereocenters. The number of hydrogen-bond donors (Lipinski definition) is 1. The van der Waals surface area contributed by atoms with Crippen molar-refractivity contribution in [1.29, 1.82) is 0 Å². The highest BCUT2D eigenvalue weighted by Gasteiger charge is 2.50. The smallest absolute Gasteiger partial charge is 0.290 e. The molecule has 2 aromatic rings. The summed E-state index contributed by atoms with van der Waals surface area (Å²) in [5.41, 5.74) is 0.390. The Kier molecular flexibility index (Phi) is 12.2. The van der Waals surface area contributed by atoms with Gasteiger partial charge in [-0.15, -0.1) is 10.2 Å². The van der Waals surface area contributed by atoms with Crippen molar-refractivity contribution < 1.29 is 23.8 Å². The zero-order chi connectivity index (χ0) is 31.7. The van der Waals surface area contributed by atoms with E-state index in [1.54, 1.807) is 4.90 Å². The number of carboxylic acid groups (broad SMARTS) is 1. The largest absolute Gasteiger partial charge is 0.483 e. The quantitative estimate of drug-likeness (QED) is 0.354. The van der Waals surface area contributed by atoms with Crippen LogP contribution in [0.2, 0.25) is 0 Å². The van der Waals surface area contributed by atoms with Gasteiger partial charge in [0.25, 0.3) is 18.3 Å². The number of nitrogens with zero attached hydrogens (tertiary/aromatic N) is 7. The number of benzene rings is 1. The lowest BCUT2D eigenvalue weighted by Gasteiger charge is -2.53. The van der Waals surface area contributed by atoms with E-state index in [1.807, 2.05) is 20.8 Å². The Bertz CT molecular complexity index is 1210. The molecule has 11 nitrogen and oxygen atoms in total. The predicted molar refractivity (Wildman–Crippen MR) is 164 cm³/mol. The highest BCUT2D eigenvalue weighted by Crippen LogP contribution is 2.44. The molecule has 2 aliphatic heterocycles. The van der Waals surface area contributed by atoms with E-state index in [-0.39, 0.29) is 41.0 Å². The Morgan fingerprint density at radius 2 is 1.91 bits per heavy atom. The number of amides is 1. The van der Waals surface area contributed by atoms with Crippen molar-refractivity contribution in [1.82, 2.24) is 29.9 Å². The molecule has 12 heteroatoms. The fraction of sp³-hybridized carbons (Fsp3) is 0.645. The third kappa shape index (κ3) is 8.60. The van der Waals surface area contributed by atoms with E-state index in [0.717, 1.165) is 39.1 Å². The summed E-state index contributed by atoms with van der Waals surface area (Å²) >= 11 is 0. The van der Waals surface area contributed by atoms with E-state index in [0.29, 0.717) is 24.3 Å². The predicted octanol–water partition coefficient (Wildman–Crippen LogP) is 4.25. The maximum absolute atomic E-state index is 14.2. The molecule has 0 aliphatic carbocycles. The Balaban J connectivity index is 0.00000162. The number of ether oxygens (including phenoxy) is 1. The number of aromatic nitrogens is 3. The summed E-state index contributed by atoms with van der Waals surface area (Å²) in [4.78, 5) is 35.0. The summed E-state index contributed by atoms with van der Waals surface area (Å²) < 4.78 is 20.4. The molecule has 1 aromatic carbocycles. The van der Waals surface area contributed by atoms with Gasteiger partial charge in [0, 0.05) is 50.2 Å². The van der Waals surface area contributed by atoms with E-state index >= 15 is 0 Å². The number of rotatable bonds is 12. The Hall–Kier alpha value is -3.38. The van der Waals surface area contributed by atoms with Crippen LogP contribution in [-0.2, 0) is 4.79 Å². The highest BCUT2D eigenvalue weighted by atomic mass is 19.1. The van der Waals surface area contributed by atoms with Gasteiger partial charge in [0.15, 0.2) is 5.82 Å². The van der Waals surface area contributed by atoms with Crippen LogP contribution in [0, 0.1) is 17.2 Å². The lowest BCUT2D eigenvalue weighted by Crippen LogP contribution is -2.62. The molecule has 1 spiro atoms. The molecule has 1 aromatic heterocycles. The second-order valence-electron chi connectivity index (χ2n) is 12.5. The molecular formula is C31H48FN7O4. The summed E-state index contributed by atoms with van der Waals surface area (Å²) in [6.07, 6.45) is 4.93. The summed E-state index contributed by atoms with van der Waals surface area (Å²) in [5, 5.41) is 15.1. The summed E-state index contributed by atoms with van der Waals surface area (Å²) in [6.45, 7) is 15.7. The van der Waals surface area contributed by atoms with Crippen LogP contribution in [0.5, 0.6) is 11.6 Å². The average Bonchev–Trinajstić information content (AvgIpc) is 3.38. The Morgan fingerprint density at radius 1 is 1.21 bits per heavy atom. The van der Waals surface area contributed by atoms with Gasteiger partial charge in [-0.25, -0.2) is 9.37 Å². The van der Waals surface area contributed by atoms with Crippen LogP contribution in [0.1, 0.15) is 64.2 Å². The first-order valence-electron chi connectivity index (χ1n) is 15.1. The van der Waals surface area contributed by atoms with Crippen molar-refractivity contribution in [2.45, 2.75) is 66.0 Å². The molecule has 4 rings (SSSR count). The van der Waals surface area contributed by atoms with Crippen LogP contribution in [0.3, 0.4) is 0 Å². The van der Waals surface area contributed by atoms with Gasteiger partial charge >= 0.3 is 0 Å². The monoisotopic (exact) mass is 601 g/mol. The van der Waals surface area contributed by atoms with E-state index in [1.165, 1.54) is 37.4 Å². The number of halogens is 1. The number of carbonyl (C=O) groups is 2.